The van der Waals surface area contributed by atoms with Crippen LogP contribution in [0, 0.1) is 6.92 Å². The third kappa shape index (κ3) is 6.58. The molecule has 2 N–H and O–H groups in total. The average molecular weight is 495 g/mol. The molecule has 2 heterocycles. The molecule has 2 aromatic heterocycles. The molecule has 0 saturated heterocycles. The lowest BCUT2D eigenvalue weighted by Crippen LogP contribution is -2.33. The van der Waals surface area contributed by atoms with Gasteiger partial charge in [-0.1, -0.05) is 26.8 Å². The molecule has 2 aromatic rings. The first-order valence-electron chi connectivity index (χ1n) is 11.2. The van der Waals surface area contributed by atoms with Gasteiger partial charge in [-0.05, 0) is 55.9 Å². The average Bonchev–Trinajstić information content (AvgIpc) is 3.64. The van der Waals surface area contributed by atoms with E-state index in [2.05, 4.69) is 25.4 Å². The maximum atomic E-state index is 13.3. The SMILES string of the molecule is C=C(c1nc(N)c(C2CC2)cc1C=O)N(C)c1c(C)cc(C(F)(F)F)n(CC)c1=O.C=O.CCC. The predicted molar refractivity (Wildman–Crippen MR) is 133 cm³/mol. The lowest BCUT2D eigenvalue weighted by molar-refractivity contribution is -0.144. The molecule has 0 radical (unpaired) electrons. The van der Waals surface area contributed by atoms with Gasteiger partial charge >= 0.3 is 6.18 Å². The number of carbonyl (C=O) groups excluding carboxylic acids is 2. The van der Waals surface area contributed by atoms with Crippen molar-refractivity contribution in [1.29, 1.82) is 0 Å². The number of nitrogens with zero attached hydrogens (tertiary/aromatic N) is 3. The van der Waals surface area contributed by atoms with E-state index in [9.17, 15) is 22.8 Å². The first-order valence-corrected chi connectivity index (χ1v) is 11.2. The first kappa shape index (κ1) is 29.6. The van der Waals surface area contributed by atoms with E-state index in [1.165, 1.54) is 32.2 Å². The monoisotopic (exact) mass is 494 g/mol. The van der Waals surface area contributed by atoms with Gasteiger partial charge in [-0.3, -0.25) is 9.59 Å². The molecule has 0 bridgehead atoms. The summed E-state index contributed by atoms with van der Waals surface area (Å²) in [5.74, 6) is 0.563. The normalized spacial score (nSPS) is 12.6. The summed E-state index contributed by atoms with van der Waals surface area (Å²) in [6.45, 7) is 12.9. The number of hydrogen-bond acceptors (Lipinski definition) is 6. The molecule has 35 heavy (non-hydrogen) atoms. The van der Waals surface area contributed by atoms with E-state index in [1.54, 1.807) is 6.07 Å². The van der Waals surface area contributed by atoms with E-state index in [-0.39, 0.29) is 46.5 Å². The van der Waals surface area contributed by atoms with E-state index in [1.807, 2.05) is 6.79 Å². The van der Waals surface area contributed by atoms with Gasteiger partial charge in [0.2, 0.25) is 0 Å². The summed E-state index contributed by atoms with van der Waals surface area (Å²) in [5.41, 5.74) is 5.85. The van der Waals surface area contributed by atoms with E-state index in [4.69, 9.17) is 10.5 Å². The molecule has 1 aliphatic rings. The molecule has 1 fully saturated rings. The Labute approximate surface area is 203 Å². The molecule has 0 unspecified atom stereocenters. The number of alkyl halides is 3. The zero-order valence-electron chi connectivity index (χ0n) is 20.8. The third-order valence-corrected chi connectivity index (χ3v) is 5.34. The largest absolute Gasteiger partial charge is 0.431 e. The minimum absolute atomic E-state index is 0.0262. The van der Waals surface area contributed by atoms with E-state index < -0.39 is 17.4 Å². The van der Waals surface area contributed by atoms with Crippen LogP contribution in [-0.2, 0) is 17.5 Å². The topological polar surface area (TPSA) is 98.3 Å². The standard InChI is InChI=1S/C21H23F3N4O2.C3H8.CH2O/c1-5-28-16(21(22,23)24)8-11(2)18(20(28)30)27(4)12(3)17-14(10-29)9-15(13-6-7-13)19(25)26-17;1-3-2;1-2/h8-10,13H,3,5-7H2,1-2,4H3,(H2,25,26);3H2,1-2H3;1H2. The number of carbonyl (C=O) groups is 2. The maximum Gasteiger partial charge on any atom is 0.431 e. The second kappa shape index (κ2) is 12.3. The van der Waals surface area contributed by atoms with Crippen LogP contribution in [0.15, 0.2) is 23.5 Å². The summed E-state index contributed by atoms with van der Waals surface area (Å²) in [5, 5.41) is 0. The fraction of sp³-hybridized carbons (Fsp3) is 0.440. The van der Waals surface area contributed by atoms with Crippen LogP contribution >= 0.6 is 0 Å². The van der Waals surface area contributed by atoms with Gasteiger partial charge in [0, 0.05) is 19.2 Å². The van der Waals surface area contributed by atoms with Crippen LogP contribution in [0.2, 0.25) is 0 Å². The lowest BCUT2D eigenvalue weighted by Gasteiger charge is -2.26. The molecular weight excluding hydrogens is 461 g/mol. The number of nitrogen functional groups attached to an aromatic ring is 1. The van der Waals surface area contributed by atoms with Crippen LogP contribution < -0.4 is 16.2 Å². The quantitative estimate of drug-likeness (QED) is 0.554. The molecule has 1 saturated carbocycles. The Balaban J connectivity index is 0.00000114. The van der Waals surface area contributed by atoms with E-state index in [0.717, 1.165) is 24.5 Å². The van der Waals surface area contributed by atoms with Crippen molar-refractivity contribution in [2.24, 2.45) is 0 Å². The van der Waals surface area contributed by atoms with E-state index >= 15 is 0 Å². The van der Waals surface area contributed by atoms with Gasteiger partial charge in [-0.2, -0.15) is 13.2 Å². The lowest BCUT2D eigenvalue weighted by atomic mass is 10.0. The number of nitrogens with two attached hydrogens (primary N) is 1. The minimum Gasteiger partial charge on any atom is -0.383 e. The molecule has 0 aromatic carbocycles. The third-order valence-electron chi connectivity index (χ3n) is 5.34. The molecule has 0 aliphatic heterocycles. The van der Waals surface area contributed by atoms with Crippen LogP contribution in [0.5, 0.6) is 0 Å². The highest BCUT2D eigenvalue weighted by molar-refractivity contribution is 5.89. The molecule has 0 atom stereocenters. The van der Waals surface area contributed by atoms with Crippen LogP contribution in [0.25, 0.3) is 5.70 Å². The highest BCUT2D eigenvalue weighted by atomic mass is 19.4. The van der Waals surface area contributed by atoms with Crippen molar-refractivity contribution in [3.05, 3.63) is 57.1 Å². The number of halogens is 3. The van der Waals surface area contributed by atoms with Gasteiger partial charge in [0.25, 0.3) is 5.56 Å². The molecule has 1 aliphatic carbocycles. The Morgan fingerprint density at radius 2 is 1.80 bits per heavy atom. The number of rotatable bonds is 6. The number of hydrogen-bond donors (Lipinski definition) is 1. The van der Waals surface area contributed by atoms with Crippen molar-refractivity contribution >= 4 is 30.3 Å². The smallest absolute Gasteiger partial charge is 0.383 e. The second-order valence-electron chi connectivity index (χ2n) is 8.11. The van der Waals surface area contributed by atoms with Crippen molar-refractivity contribution in [3.8, 4) is 0 Å². The summed E-state index contributed by atoms with van der Waals surface area (Å²) in [6.07, 6.45) is -0.818. The van der Waals surface area contributed by atoms with Crippen molar-refractivity contribution in [2.45, 2.75) is 65.6 Å². The Morgan fingerprint density at radius 3 is 2.23 bits per heavy atom. The molecule has 192 valence electrons. The molecular formula is C25H33F3N4O3. The molecule has 10 heteroatoms. The highest BCUT2D eigenvalue weighted by Gasteiger charge is 2.36. The first-order chi connectivity index (χ1) is 16.4. The van der Waals surface area contributed by atoms with Gasteiger partial charge in [0.15, 0.2) is 6.29 Å². The van der Waals surface area contributed by atoms with Crippen LogP contribution in [0.3, 0.4) is 0 Å². The summed E-state index contributed by atoms with van der Waals surface area (Å²) in [6, 6.07) is 2.61. The number of aldehydes is 1. The number of aryl methyl sites for hydroxylation is 1. The maximum absolute atomic E-state index is 13.3. The van der Waals surface area contributed by atoms with Crippen LogP contribution in [0.4, 0.5) is 24.7 Å². The highest BCUT2D eigenvalue weighted by Crippen LogP contribution is 2.43. The molecule has 3 rings (SSSR count). The minimum atomic E-state index is -4.66. The van der Waals surface area contributed by atoms with E-state index in [0.29, 0.717) is 10.9 Å². The molecule has 7 nitrogen and oxygen atoms in total. The van der Waals surface area contributed by atoms with Gasteiger partial charge in [-0.15, -0.1) is 0 Å². The predicted octanol–water partition coefficient (Wildman–Crippen LogP) is 5.20. The summed E-state index contributed by atoms with van der Waals surface area (Å²) < 4.78 is 40.7. The Morgan fingerprint density at radius 1 is 1.26 bits per heavy atom. The Kier molecular flexibility index (Phi) is 10.4. The fourth-order valence-electron chi connectivity index (χ4n) is 3.61. The number of pyridine rings is 2. The zero-order chi connectivity index (χ0) is 27.1. The number of anilines is 2. The van der Waals surface area contributed by atoms with Crippen molar-refractivity contribution in [2.75, 3.05) is 17.7 Å². The van der Waals surface area contributed by atoms with Crippen molar-refractivity contribution < 1.29 is 22.8 Å². The summed E-state index contributed by atoms with van der Waals surface area (Å²) >= 11 is 0. The molecule has 0 spiro atoms. The Hall–Kier alpha value is -3.43. The fourth-order valence-corrected chi connectivity index (χ4v) is 3.61. The van der Waals surface area contributed by atoms with Gasteiger partial charge < -0.3 is 20.0 Å². The summed E-state index contributed by atoms with van der Waals surface area (Å²) in [7, 11) is 1.50. The molecule has 0 amide bonds. The number of aromatic nitrogens is 2. The van der Waals surface area contributed by atoms with Crippen LogP contribution in [-0.4, -0.2) is 29.7 Å². The van der Waals surface area contributed by atoms with Gasteiger partial charge in [-0.25, -0.2) is 4.98 Å². The second-order valence-corrected chi connectivity index (χ2v) is 8.11. The van der Waals surface area contributed by atoms with Gasteiger partial charge in [0.1, 0.15) is 24.0 Å². The van der Waals surface area contributed by atoms with Gasteiger partial charge in [0.05, 0.1) is 11.4 Å². The summed E-state index contributed by atoms with van der Waals surface area (Å²) in [4.78, 5) is 38.2. The van der Waals surface area contributed by atoms with Crippen molar-refractivity contribution in [1.82, 2.24) is 9.55 Å². The zero-order valence-corrected chi connectivity index (χ0v) is 20.8. The van der Waals surface area contributed by atoms with Crippen molar-refractivity contribution in [3.63, 3.8) is 0 Å². The Bertz CT molecular complexity index is 1120. The van der Waals surface area contributed by atoms with Crippen LogP contribution in [0.1, 0.15) is 78.8 Å².